The van der Waals surface area contributed by atoms with Crippen LogP contribution < -0.4 is 5.32 Å². The van der Waals surface area contributed by atoms with Crippen molar-refractivity contribution in [3.8, 4) is 0 Å². The summed E-state index contributed by atoms with van der Waals surface area (Å²) in [5.41, 5.74) is -0.489. The number of hydrogen-bond acceptors (Lipinski definition) is 2. The molecule has 35 heavy (non-hydrogen) atoms. The van der Waals surface area contributed by atoms with Gasteiger partial charge in [0.25, 0.3) is 0 Å². The number of aryl methyl sites for hydroxylation is 1. The smallest absolute Gasteiger partial charge is 0.385 e. The van der Waals surface area contributed by atoms with E-state index in [0.29, 0.717) is 25.1 Å². The lowest BCUT2D eigenvalue weighted by atomic mass is 9.81. The zero-order valence-corrected chi connectivity index (χ0v) is 21.3. The van der Waals surface area contributed by atoms with Crippen LogP contribution in [-0.4, -0.2) is 17.4 Å². The third-order valence-corrected chi connectivity index (χ3v) is 7.30. The van der Waals surface area contributed by atoms with Crippen molar-refractivity contribution < 1.29 is 31.1 Å². The Hall–Kier alpha value is -2.23. The summed E-state index contributed by atoms with van der Waals surface area (Å²) in [7, 11) is 0. The monoisotopic (exact) mass is 564 g/mol. The molecule has 1 aliphatic heterocycles. The van der Waals surface area contributed by atoms with Crippen LogP contribution in [0.25, 0.3) is 0 Å². The highest BCUT2D eigenvalue weighted by molar-refractivity contribution is 9.10. The van der Waals surface area contributed by atoms with E-state index >= 15 is 0 Å². The van der Waals surface area contributed by atoms with Crippen LogP contribution >= 0.6 is 15.9 Å². The van der Waals surface area contributed by atoms with Crippen LogP contribution in [-0.2, 0) is 23.7 Å². The van der Waals surface area contributed by atoms with Crippen LogP contribution in [0.5, 0.6) is 0 Å². The van der Waals surface area contributed by atoms with Gasteiger partial charge in [0, 0.05) is 30.2 Å². The van der Waals surface area contributed by atoms with Crippen molar-refractivity contribution in [1.82, 2.24) is 4.90 Å². The van der Waals surface area contributed by atoms with E-state index in [0.717, 1.165) is 21.3 Å². The van der Waals surface area contributed by atoms with Crippen molar-refractivity contribution in [3.63, 3.8) is 0 Å². The van der Waals surface area contributed by atoms with Gasteiger partial charge in [-0.05, 0) is 72.2 Å². The first kappa shape index (κ1) is 27.4. The summed E-state index contributed by atoms with van der Waals surface area (Å²) in [4.78, 5) is 14.3. The van der Waals surface area contributed by atoms with Crippen LogP contribution in [0.2, 0.25) is 0 Å². The second-order valence-corrected chi connectivity index (χ2v) is 10.2. The number of amides is 1. The number of nitrogens with zero attached hydrogens (tertiary/aromatic N) is 1. The van der Waals surface area contributed by atoms with Gasteiger partial charge in [-0.25, -0.2) is 0 Å². The van der Waals surface area contributed by atoms with Crippen LogP contribution in [0, 0.1) is 18.8 Å². The minimum Gasteiger partial charge on any atom is -0.385 e. The van der Waals surface area contributed by atoms with Gasteiger partial charge in [-0.15, -0.1) is 0 Å². The fourth-order valence-corrected chi connectivity index (χ4v) is 5.03. The SMILES string of the molecule is CC(=O)N(Cc1cc(C(F)(F)F)cc(C(F)(F)F)c1)C1c2cc(Br)c(C)cc2NCCC1C(C)C. The lowest BCUT2D eigenvalue weighted by Gasteiger charge is -2.38. The number of nitrogens with one attached hydrogen (secondary N) is 1. The van der Waals surface area contributed by atoms with E-state index in [1.165, 1.54) is 11.8 Å². The molecule has 192 valence electrons. The Balaban J connectivity index is 2.17. The third kappa shape index (κ3) is 6.13. The molecular weight excluding hydrogens is 538 g/mol. The van der Waals surface area contributed by atoms with Gasteiger partial charge in [0.2, 0.25) is 5.91 Å². The first-order valence-corrected chi connectivity index (χ1v) is 12.0. The van der Waals surface area contributed by atoms with E-state index in [-0.39, 0.29) is 30.0 Å². The average molecular weight is 565 g/mol. The number of fused-ring (bicyclic) bond motifs is 1. The van der Waals surface area contributed by atoms with Gasteiger partial charge < -0.3 is 10.2 Å². The maximum absolute atomic E-state index is 13.4. The second kappa shape index (κ2) is 10.0. The molecule has 2 aromatic rings. The molecule has 1 N–H and O–H groups in total. The lowest BCUT2D eigenvalue weighted by Crippen LogP contribution is -2.38. The largest absolute Gasteiger partial charge is 0.416 e. The summed E-state index contributed by atoms with van der Waals surface area (Å²) in [5.74, 6) is -0.409. The molecule has 0 spiro atoms. The molecule has 2 unspecified atom stereocenters. The number of benzene rings is 2. The van der Waals surface area contributed by atoms with Crippen LogP contribution in [0.15, 0.2) is 34.8 Å². The molecule has 2 aromatic carbocycles. The molecule has 1 amide bonds. The van der Waals surface area contributed by atoms with E-state index < -0.39 is 35.4 Å². The molecule has 0 aliphatic carbocycles. The number of hydrogen-bond donors (Lipinski definition) is 1. The minimum atomic E-state index is -4.96. The first-order chi connectivity index (χ1) is 16.1. The summed E-state index contributed by atoms with van der Waals surface area (Å²) in [5, 5.41) is 3.37. The summed E-state index contributed by atoms with van der Waals surface area (Å²) in [6.07, 6.45) is -9.24. The molecule has 0 saturated carbocycles. The third-order valence-electron chi connectivity index (χ3n) is 6.45. The predicted molar refractivity (Wildman–Crippen MR) is 126 cm³/mol. The Bertz CT molecular complexity index is 1060. The van der Waals surface area contributed by atoms with Gasteiger partial charge in [-0.3, -0.25) is 4.79 Å². The molecule has 0 fully saturated rings. The lowest BCUT2D eigenvalue weighted by molar-refractivity contribution is -0.143. The molecule has 0 radical (unpaired) electrons. The van der Waals surface area contributed by atoms with Gasteiger partial charge >= 0.3 is 12.4 Å². The molecule has 3 nitrogen and oxygen atoms in total. The molecule has 2 atom stereocenters. The Morgan fingerprint density at radius 2 is 1.63 bits per heavy atom. The van der Waals surface area contributed by atoms with Crippen molar-refractivity contribution in [2.45, 2.75) is 59.1 Å². The molecule has 3 rings (SSSR count). The molecule has 10 heteroatoms. The van der Waals surface area contributed by atoms with Gasteiger partial charge in [-0.2, -0.15) is 26.3 Å². The van der Waals surface area contributed by atoms with Gasteiger partial charge in [0.05, 0.1) is 17.2 Å². The first-order valence-electron chi connectivity index (χ1n) is 11.2. The Morgan fingerprint density at radius 3 is 2.11 bits per heavy atom. The van der Waals surface area contributed by atoms with Crippen molar-refractivity contribution in [2.24, 2.45) is 11.8 Å². The standard InChI is InChI=1S/C25H27BrF6N2O/c1-13(2)19-5-6-33-22-7-14(3)21(26)11-20(22)23(19)34(15(4)35)12-16-8-17(24(27,28)29)10-18(9-16)25(30,31)32/h7-11,13,19,23,33H,5-6,12H2,1-4H3. The zero-order valence-electron chi connectivity index (χ0n) is 19.7. The van der Waals surface area contributed by atoms with E-state index in [1.54, 1.807) is 0 Å². The Labute approximate surface area is 209 Å². The van der Waals surface area contributed by atoms with Crippen molar-refractivity contribution >= 4 is 27.5 Å². The van der Waals surface area contributed by atoms with Gasteiger partial charge in [-0.1, -0.05) is 29.8 Å². The number of halogens is 7. The van der Waals surface area contributed by atoms with Crippen molar-refractivity contribution in [2.75, 3.05) is 11.9 Å². The van der Waals surface area contributed by atoms with E-state index in [9.17, 15) is 31.1 Å². The fraction of sp³-hybridized carbons (Fsp3) is 0.480. The van der Waals surface area contributed by atoms with Crippen molar-refractivity contribution in [3.05, 3.63) is 62.6 Å². The summed E-state index contributed by atoms with van der Waals surface area (Å²) in [6, 6.07) is 4.75. The number of anilines is 1. The maximum atomic E-state index is 13.4. The predicted octanol–water partition coefficient (Wildman–Crippen LogP) is 7.97. The van der Waals surface area contributed by atoms with Crippen LogP contribution in [0.4, 0.5) is 32.0 Å². The summed E-state index contributed by atoms with van der Waals surface area (Å²) < 4.78 is 81.4. The van der Waals surface area contributed by atoms with Gasteiger partial charge in [0.1, 0.15) is 0 Å². The topological polar surface area (TPSA) is 32.3 Å². The Kier molecular flexibility index (Phi) is 7.84. The molecule has 0 bridgehead atoms. The van der Waals surface area contributed by atoms with Gasteiger partial charge in [0.15, 0.2) is 0 Å². The molecule has 0 aromatic heterocycles. The molecule has 1 heterocycles. The minimum absolute atomic E-state index is 0.0739. The van der Waals surface area contributed by atoms with E-state index in [1.807, 2.05) is 32.9 Å². The van der Waals surface area contributed by atoms with E-state index in [4.69, 9.17) is 0 Å². The van der Waals surface area contributed by atoms with Crippen LogP contribution in [0.3, 0.4) is 0 Å². The van der Waals surface area contributed by atoms with Crippen LogP contribution in [0.1, 0.15) is 61.1 Å². The highest BCUT2D eigenvalue weighted by Crippen LogP contribution is 2.44. The fourth-order valence-electron chi connectivity index (χ4n) is 4.67. The number of carbonyl (C=O) groups excluding carboxylic acids is 1. The summed E-state index contributed by atoms with van der Waals surface area (Å²) in [6.45, 7) is 7.43. The van der Waals surface area contributed by atoms with E-state index in [2.05, 4.69) is 21.2 Å². The molecule has 0 saturated heterocycles. The summed E-state index contributed by atoms with van der Waals surface area (Å²) >= 11 is 3.52. The number of rotatable bonds is 4. The highest BCUT2D eigenvalue weighted by atomic mass is 79.9. The molecular formula is C25H27BrF6N2O. The Morgan fingerprint density at radius 1 is 1.06 bits per heavy atom. The number of alkyl halides is 6. The molecule has 1 aliphatic rings. The highest BCUT2D eigenvalue weighted by Gasteiger charge is 2.39. The normalized spacial score (nSPS) is 18.6. The van der Waals surface area contributed by atoms with Crippen molar-refractivity contribution in [1.29, 1.82) is 0 Å². The quantitative estimate of drug-likeness (QED) is 0.382. The average Bonchev–Trinajstić information content (AvgIpc) is 2.90. The zero-order chi connectivity index (χ0) is 26.3. The second-order valence-electron chi connectivity index (χ2n) is 9.32. The number of carbonyl (C=O) groups is 1. The maximum Gasteiger partial charge on any atom is 0.416 e.